The second-order valence-corrected chi connectivity index (χ2v) is 8.00. The molecule has 0 atom stereocenters. The molecule has 6 nitrogen and oxygen atoms in total. The third-order valence-corrected chi connectivity index (χ3v) is 5.65. The van der Waals surface area contributed by atoms with Gasteiger partial charge in [0.15, 0.2) is 0 Å². The van der Waals surface area contributed by atoms with Crippen LogP contribution >= 0.6 is 0 Å². The summed E-state index contributed by atoms with van der Waals surface area (Å²) in [6.07, 6.45) is 0. The molecule has 4 aromatic rings. The van der Waals surface area contributed by atoms with E-state index in [1.165, 1.54) is 6.07 Å². The molecule has 2 heterocycles. The van der Waals surface area contributed by atoms with Crippen LogP contribution in [0.1, 0.15) is 29.8 Å². The van der Waals surface area contributed by atoms with Gasteiger partial charge in [0.2, 0.25) is 11.9 Å². The van der Waals surface area contributed by atoms with Gasteiger partial charge in [-0.1, -0.05) is 30.3 Å². The van der Waals surface area contributed by atoms with E-state index in [1.54, 1.807) is 47.0 Å². The van der Waals surface area contributed by atoms with Gasteiger partial charge in [0.25, 0.3) is 5.91 Å². The Morgan fingerprint density at radius 2 is 1.81 bits per heavy atom. The number of aromatic nitrogens is 2. The summed E-state index contributed by atoms with van der Waals surface area (Å²) < 4.78 is 16.2. The Balaban J connectivity index is 1.56. The lowest BCUT2D eigenvalue weighted by molar-refractivity contribution is -0.119. The number of carbonyl (C=O) groups is 2. The van der Waals surface area contributed by atoms with Crippen molar-refractivity contribution in [3.8, 4) is 5.69 Å². The van der Waals surface area contributed by atoms with Crippen molar-refractivity contribution in [3.63, 3.8) is 0 Å². The van der Waals surface area contributed by atoms with Gasteiger partial charge < -0.3 is 5.32 Å². The van der Waals surface area contributed by atoms with E-state index in [1.807, 2.05) is 32.0 Å². The number of nitrogens with zero attached hydrogens (tertiary/aromatic N) is 2. The maximum Gasteiger partial charge on any atom is 0.258 e. The fraction of sp³-hybridized carbons (Fsp3) is 0.125. The van der Waals surface area contributed by atoms with E-state index in [0.29, 0.717) is 22.3 Å². The van der Waals surface area contributed by atoms with E-state index in [4.69, 9.17) is 0 Å². The van der Waals surface area contributed by atoms with Crippen LogP contribution in [0.3, 0.4) is 0 Å². The summed E-state index contributed by atoms with van der Waals surface area (Å²) in [5, 5.41) is 5.62. The van der Waals surface area contributed by atoms with Crippen LogP contribution in [-0.2, 0) is 10.2 Å². The van der Waals surface area contributed by atoms with Crippen molar-refractivity contribution in [2.75, 3.05) is 10.6 Å². The van der Waals surface area contributed by atoms with Crippen molar-refractivity contribution >= 4 is 34.5 Å². The molecule has 3 aromatic carbocycles. The van der Waals surface area contributed by atoms with Crippen molar-refractivity contribution in [2.24, 2.45) is 0 Å². The Labute approximate surface area is 177 Å². The van der Waals surface area contributed by atoms with E-state index in [2.05, 4.69) is 15.6 Å². The van der Waals surface area contributed by atoms with Gasteiger partial charge in [-0.15, -0.1) is 0 Å². The maximum absolute atomic E-state index is 14.6. The molecule has 1 aromatic heterocycles. The average Bonchev–Trinajstić information content (AvgIpc) is 3.22. The molecule has 5 rings (SSSR count). The lowest BCUT2D eigenvalue weighted by atomic mass is 9.86. The van der Waals surface area contributed by atoms with Crippen LogP contribution in [0.2, 0.25) is 0 Å². The van der Waals surface area contributed by atoms with E-state index in [-0.39, 0.29) is 17.5 Å². The van der Waals surface area contributed by atoms with Crippen LogP contribution in [0.4, 0.5) is 16.0 Å². The molecule has 0 saturated carbocycles. The number of halogens is 1. The Hall–Kier alpha value is -4.00. The Bertz CT molecular complexity index is 1370. The number of para-hydroxylation sites is 3. The predicted octanol–water partition coefficient (Wildman–Crippen LogP) is 4.65. The fourth-order valence-corrected chi connectivity index (χ4v) is 3.90. The van der Waals surface area contributed by atoms with Crippen LogP contribution in [0.15, 0.2) is 66.7 Å². The molecule has 7 heteroatoms. The topological polar surface area (TPSA) is 76.0 Å². The number of carbonyl (C=O) groups excluding carboxylic acids is 2. The van der Waals surface area contributed by atoms with Gasteiger partial charge >= 0.3 is 0 Å². The molecular weight excluding hydrogens is 395 g/mol. The van der Waals surface area contributed by atoms with Gasteiger partial charge in [-0.05, 0) is 55.8 Å². The zero-order valence-corrected chi connectivity index (χ0v) is 16.9. The molecule has 0 saturated heterocycles. The minimum atomic E-state index is -0.650. The van der Waals surface area contributed by atoms with Crippen molar-refractivity contribution in [1.82, 2.24) is 9.55 Å². The van der Waals surface area contributed by atoms with E-state index >= 15 is 0 Å². The summed E-state index contributed by atoms with van der Waals surface area (Å²) in [4.78, 5) is 29.7. The van der Waals surface area contributed by atoms with Gasteiger partial charge in [-0.25, -0.2) is 9.37 Å². The van der Waals surface area contributed by atoms with Crippen LogP contribution in [0.25, 0.3) is 16.7 Å². The number of amides is 2. The lowest BCUT2D eigenvalue weighted by Gasteiger charge is -2.15. The lowest BCUT2D eigenvalue weighted by Crippen LogP contribution is -2.26. The Morgan fingerprint density at radius 3 is 2.61 bits per heavy atom. The predicted molar refractivity (Wildman–Crippen MR) is 117 cm³/mol. The number of anilines is 2. The first-order valence-electron chi connectivity index (χ1n) is 9.86. The minimum absolute atomic E-state index is 0.110. The van der Waals surface area contributed by atoms with Crippen molar-refractivity contribution in [1.29, 1.82) is 0 Å². The molecule has 31 heavy (non-hydrogen) atoms. The van der Waals surface area contributed by atoms with E-state index in [0.717, 1.165) is 5.56 Å². The first-order valence-corrected chi connectivity index (χ1v) is 9.86. The van der Waals surface area contributed by atoms with Crippen molar-refractivity contribution < 1.29 is 14.0 Å². The SMILES string of the molecule is CC1(C)C(=O)Nc2cc(C(=O)Nc3nc4ccccc4n3-c3ccccc3F)ccc21. The smallest absolute Gasteiger partial charge is 0.258 e. The monoisotopic (exact) mass is 414 g/mol. The number of nitrogens with one attached hydrogen (secondary N) is 2. The highest BCUT2D eigenvalue weighted by Gasteiger charge is 2.38. The highest BCUT2D eigenvalue weighted by molar-refractivity contribution is 6.09. The van der Waals surface area contributed by atoms with Crippen LogP contribution in [-0.4, -0.2) is 21.4 Å². The van der Waals surface area contributed by atoms with Gasteiger partial charge in [0, 0.05) is 11.3 Å². The van der Waals surface area contributed by atoms with Crippen molar-refractivity contribution in [2.45, 2.75) is 19.3 Å². The molecule has 1 aliphatic rings. The van der Waals surface area contributed by atoms with Gasteiger partial charge in [-0.2, -0.15) is 0 Å². The molecule has 0 radical (unpaired) electrons. The highest BCUT2D eigenvalue weighted by atomic mass is 19.1. The molecule has 0 fully saturated rings. The molecule has 2 amide bonds. The molecule has 1 aliphatic heterocycles. The second kappa shape index (κ2) is 6.77. The molecule has 0 bridgehead atoms. The number of benzene rings is 3. The molecule has 2 N–H and O–H groups in total. The van der Waals surface area contributed by atoms with Crippen LogP contribution in [0.5, 0.6) is 0 Å². The second-order valence-electron chi connectivity index (χ2n) is 8.00. The summed E-state index contributed by atoms with van der Waals surface area (Å²) in [5.74, 6) is -0.735. The molecular formula is C24H19FN4O2. The van der Waals surface area contributed by atoms with Gasteiger partial charge in [0.05, 0.1) is 22.1 Å². The molecule has 0 spiro atoms. The third-order valence-electron chi connectivity index (χ3n) is 5.65. The zero-order chi connectivity index (χ0) is 21.8. The number of hydrogen-bond acceptors (Lipinski definition) is 3. The summed E-state index contributed by atoms with van der Waals surface area (Å²) >= 11 is 0. The molecule has 0 aliphatic carbocycles. The van der Waals surface area contributed by atoms with Crippen LogP contribution < -0.4 is 10.6 Å². The van der Waals surface area contributed by atoms with E-state index in [9.17, 15) is 14.0 Å². The number of imidazole rings is 1. The normalized spacial score (nSPS) is 14.4. The third kappa shape index (κ3) is 2.97. The number of hydrogen-bond donors (Lipinski definition) is 2. The standard InChI is InChI=1S/C24H19FN4O2/c1-24(2)15-12-11-14(13-18(15)26-22(24)31)21(30)28-23-27-17-8-4-6-10-20(17)29(23)19-9-5-3-7-16(19)25/h3-13H,1-2H3,(H,26,31)(H,27,28,30). The molecule has 0 unspecified atom stereocenters. The van der Waals surface area contributed by atoms with Gasteiger partial charge in [-0.3, -0.25) is 19.5 Å². The van der Waals surface area contributed by atoms with Crippen molar-refractivity contribution in [3.05, 3.63) is 83.7 Å². The fourth-order valence-electron chi connectivity index (χ4n) is 3.90. The summed E-state index contributed by atoms with van der Waals surface area (Å²) in [6.45, 7) is 3.68. The highest BCUT2D eigenvalue weighted by Crippen LogP contribution is 2.37. The average molecular weight is 414 g/mol. The summed E-state index contributed by atoms with van der Waals surface area (Å²) in [5.41, 5.74) is 2.76. The van der Waals surface area contributed by atoms with Crippen LogP contribution in [0, 0.1) is 5.82 Å². The minimum Gasteiger partial charge on any atom is -0.325 e. The number of fused-ring (bicyclic) bond motifs is 2. The Kier molecular flexibility index (Phi) is 4.15. The quantitative estimate of drug-likeness (QED) is 0.513. The molecule has 154 valence electrons. The first-order chi connectivity index (χ1) is 14.9. The summed E-state index contributed by atoms with van der Waals surface area (Å²) in [6, 6.07) is 18.7. The first kappa shape index (κ1) is 19.0. The van der Waals surface area contributed by atoms with E-state index < -0.39 is 17.1 Å². The largest absolute Gasteiger partial charge is 0.325 e. The number of rotatable bonds is 3. The zero-order valence-electron chi connectivity index (χ0n) is 16.9. The maximum atomic E-state index is 14.6. The Morgan fingerprint density at radius 1 is 1.06 bits per heavy atom. The van der Waals surface area contributed by atoms with Gasteiger partial charge in [0.1, 0.15) is 5.82 Å². The summed E-state index contributed by atoms with van der Waals surface area (Å²) in [7, 11) is 0.